The Kier molecular flexibility index (Phi) is 5.73. The third kappa shape index (κ3) is 4.24. The molecule has 1 unspecified atom stereocenters. The molecule has 1 saturated carbocycles. The molecule has 1 aromatic rings. The fraction of sp³-hybridized carbons (Fsp3) is 0.778. The molecule has 4 N–H and O–H groups in total. The summed E-state index contributed by atoms with van der Waals surface area (Å²) in [5, 5.41) is 9.97. The molecule has 4 rings (SSSR count). The van der Waals surface area contributed by atoms with Crippen molar-refractivity contribution in [2.24, 2.45) is 5.73 Å². The van der Waals surface area contributed by atoms with E-state index in [-0.39, 0.29) is 29.8 Å². The third-order valence-corrected chi connectivity index (χ3v) is 7.88. The van der Waals surface area contributed by atoms with E-state index >= 15 is 0 Å². The Morgan fingerprint density at radius 2 is 1.93 bits per heavy atom. The van der Waals surface area contributed by atoms with Crippen LogP contribution in [0.15, 0.2) is 10.6 Å². The number of nitrogens with zero attached hydrogens (tertiary/aromatic N) is 2. The lowest BCUT2D eigenvalue weighted by Crippen LogP contribution is -2.53. The number of nitrogens with one attached hydrogen (secondary N) is 2. The molecule has 156 valence electrons. The first-order valence-electron chi connectivity index (χ1n) is 10.2. The Hall–Kier alpha value is -1.49. The highest BCUT2D eigenvalue weighted by atomic mass is 32.2. The number of amides is 1. The summed E-state index contributed by atoms with van der Waals surface area (Å²) in [5.41, 5.74) is 5.74. The summed E-state index contributed by atoms with van der Waals surface area (Å²) in [6.07, 6.45) is 5.17. The van der Waals surface area contributed by atoms with E-state index in [0.717, 1.165) is 31.4 Å². The molecule has 1 aromatic heterocycles. The molecular weight excluding hydrogens is 382 g/mol. The van der Waals surface area contributed by atoms with E-state index in [1.165, 1.54) is 0 Å². The highest BCUT2D eigenvalue weighted by molar-refractivity contribution is 7.89. The van der Waals surface area contributed by atoms with E-state index in [4.69, 9.17) is 10.3 Å². The van der Waals surface area contributed by atoms with E-state index in [1.54, 1.807) is 10.4 Å². The Balaban J connectivity index is 1.33. The topological polar surface area (TPSA) is 131 Å². The van der Waals surface area contributed by atoms with Crippen molar-refractivity contribution in [3.63, 3.8) is 0 Å². The highest BCUT2D eigenvalue weighted by Gasteiger charge is 2.46. The number of hydrogen-bond donors (Lipinski definition) is 3. The van der Waals surface area contributed by atoms with Gasteiger partial charge in [0.1, 0.15) is 5.76 Å². The van der Waals surface area contributed by atoms with E-state index in [1.807, 2.05) is 0 Å². The van der Waals surface area contributed by atoms with E-state index < -0.39 is 10.0 Å². The normalized spacial score (nSPS) is 27.8. The van der Waals surface area contributed by atoms with Crippen LogP contribution in [0.25, 0.3) is 0 Å². The van der Waals surface area contributed by atoms with Crippen LogP contribution in [-0.2, 0) is 10.0 Å². The second-order valence-corrected chi connectivity index (χ2v) is 10.1. The quantitative estimate of drug-likeness (QED) is 0.493. The Bertz CT molecular complexity index is 793. The summed E-state index contributed by atoms with van der Waals surface area (Å²) < 4.78 is 32.5. The summed E-state index contributed by atoms with van der Waals surface area (Å²) in [6, 6.07) is 1.62. The SMILES string of the molecule is NCCNCCS(=O)(=O)N1[C@@H]2CC[C@H]1CC(NC(=O)c1cc(C3CC3)on1)C2. The summed E-state index contributed by atoms with van der Waals surface area (Å²) in [5.74, 6) is 1.05. The van der Waals surface area contributed by atoms with Crippen LogP contribution in [0.1, 0.15) is 60.7 Å². The number of aromatic nitrogens is 1. The predicted octanol–water partition coefficient (Wildman–Crippen LogP) is 0.155. The molecule has 3 heterocycles. The standard InChI is InChI=1S/C18H29N5O4S/c19-5-6-20-7-8-28(25,26)23-14-3-4-15(23)10-13(9-14)21-18(24)16-11-17(27-22-16)12-1-2-12/h11-15,20H,1-10,19H2,(H,21,24)/t13?,14-,15+. The first-order valence-corrected chi connectivity index (χ1v) is 11.8. The second-order valence-electron chi connectivity index (χ2n) is 8.10. The molecule has 3 fully saturated rings. The molecule has 0 radical (unpaired) electrons. The van der Waals surface area contributed by atoms with Crippen molar-refractivity contribution in [1.29, 1.82) is 0 Å². The molecule has 3 atom stereocenters. The van der Waals surface area contributed by atoms with Gasteiger partial charge in [-0.25, -0.2) is 8.42 Å². The van der Waals surface area contributed by atoms with Crippen LogP contribution in [0, 0.1) is 0 Å². The zero-order valence-corrected chi connectivity index (χ0v) is 16.8. The minimum atomic E-state index is -3.31. The van der Waals surface area contributed by atoms with Gasteiger partial charge in [0.25, 0.3) is 5.91 Å². The maximum atomic E-state index is 12.8. The maximum absolute atomic E-state index is 12.8. The Morgan fingerprint density at radius 1 is 1.21 bits per heavy atom. The molecule has 1 amide bonds. The average Bonchev–Trinajstić information content (AvgIpc) is 3.31. The van der Waals surface area contributed by atoms with Gasteiger partial charge in [-0.2, -0.15) is 4.31 Å². The minimum absolute atomic E-state index is 0.0344. The monoisotopic (exact) mass is 411 g/mol. The fourth-order valence-electron chi connectivity index (χ4n) is 4.46. The first-order chi connectivity index (χ1) is 13.5. The number of hydrogen-bond acceptors (Lipinski definition) is 7. The van der Waals surface area contributed by atoms with E-state index in [2.05, 4.69) is 15.8 Å². The van der Waals surface area contributed by atoms with Crippen LogP contribution in [-0.4, -0.2) is 67.3 Å². The van der Waals surface area contributed by atoms with Gasteiger partial charge < -0.3 is 20.9 Å². The van der Waals surface area contributed by atoms with Gasteiger partial charge in [-0.1, -0.05) is 5.16 Å². The third-order valence-electron chi connectivity index (χ3n) is 5.92. The first kappa shape index (κ1) is 19.8. The van der Waals surface area contributed by atoms with Gasteiger partial charge in [-0.3, -0.25) is 4.79 Å². The van der Waals surface area contributed by atoms with Gasteiger partial charge in [-0.05, 0) is 38.5 Å². The van der Waals surface area contributed by atoms with Crippen LogP contribution >= 0.6 is 0 Å². The number of piperidine rings is 1. The number of sulfonamides is 1. The van der Waals surface area contributed by atoms with Crippen LogP contribution in [0.3, 0.4) is 0 Å². The molecule has 2 aliphatic heterocycles. The van der Waals surface area contributed by atoms with Crippen molar-refractivity contribution in [3.8, 4) is 0 Å². The van der Waals surface area contributed by atoms with Crippen molar-refractivity contribution in [2.45, 2.75) is 62.6 Å². The molecule has 0 aromatic carbocycles. The summed E-state index contributed by atoms with van der Waals surface area (Å²) in [4.78, 5) is 12.5. The minimum Gasteiger partial charge on any atom is -0.360 e. The summed E-state index contributed by atoms with van der Waals surface area (Å²) in [6.45, 7) is 1.51. The number of nitrogens with two attached hydrogens (primary N) is 1. The lowest BCUT2D eigenvalue weighted by atomic mass is 9.99. The molecule has 0 spiro atoms. The summed E-state index contributed by atoms with van der Waals surface area (Å²) in [7, 11) is -3.31. The Labute approximate surface area is 165 Å². The molecule has 2 bridgehead atoms. The molecule has 2 saturated heterocycles. The van der Waals surface area contributed by atoms with Crippen LogP contribution in [0.4, 0.5) is 0 Å². The lowest BCUT2D eigenvalue weighted by Gasteiger charge is -2.38. The average molecular weight is 412 g/mol. The molecule has 3 aliphatic rings. The molecule has 10 heteroatoms. The van der Waals surface area contributed by atoms with Gasteiger partial charge in [0, 0.05) is 49.7 Å². The largest absolute Gasteiger partial charge is 0.360 e. The van der Waals surface area contributed by atoms with Gasteiger partial charge >= 0.3 is 0 Å². The summed E-state index contributed by atoms with van der Waals surface area (Å²) >= 11 is 0. The van der Waals surface area contributed by atoms with E-state index in [9.17, 15) is 13.2 Å². The fourth-order valence-corrected chi connectivity index (χ4v) is 6.36. The van der Waals surface area contributed by atoms with Crippen molar-refractivity contribution >= 4 is 15.9 Å². The molecule has 1 aliphatic carbocycles. The molecular formula is C18H29N5O4S. The van der Waals surface area contributed by atoms with Crippen molar-refractivity contribution in [3.05, 3.63) is 17.5 Å². The number of rotatable bonds is 9. The van der Waals surface area contributed by atoms with Gasteiger partial charge in [0.2, 0.25) is 10.0 Å². The molecule has 9 nitrogen and oxygen atoms in total. The van der Waals surface area contributed by atoms with Crippen molar-refractivity contribution in [1.82, 2.24) is 20.1 Å². The van der Waals surface area contributed by atoms with Gasteiger partial charge in [0.15, 0.2) is 5.69 Å². The van der Waals surface area contributed by atoms with Crippen LogP contribution in [0.2, 0.25) is 0 Å². The predicted molar refractivity (Wildman–Crippen MR) is 103 cm³/mol. The maximum Gasteiger partial charge on any atom is 0.273 e. The number of carbonyl (C=O) groups excluding carboxylic acids is 1. The van der Waals surface area contributed by atoms with Crippen molar-refractivity contribution < 1.29 is 17.7 Å². The Morgan fingerprint density at radius 3 is 2.57 bits per heavy atom. The molecule has 28 heavy (non-hydrogen) atoms. The zero-order chi connectivity index (χ0) is 19.7. The smallest absolute Gasteiger partial charge is 0.273 e. The second kappa shape index (κ2) is 8.10. The number of carbonyl (C=O) groups is 1. The van der Waals surface area contributed by atoms with Gasteiger partial charge in [0.05, 0.1) is 5.75 Å². The van der Waals surface area contributed by atoms with Crippen molar-refractivity contribution in [2.75, 3.05) is 25.4 Å². The lowest BCUT2D eigenvalue weighted by molar-refractivity contribution is 0.0900. The number of fused-ring (bicyclic) bond motifs is 2. The van der Waals surface area contributed by atoms with Crippen LogP contribution < -0.4 is 16.4 Å². The van der Waals surface area contributed by atoms with Crippen LogP contribution in [0.5, 0.6) is 0 Å². The van der Waals surface area contributed by atoms with E-state index in [0.29, 0.717) is 44.1 Å². The highest BCUT2D eigenvalue weighted by Crippen LogP contribution is 2.40. The van der Waals surface area contributed by atoms with Gasteiger partial charge in [-0.15, -0.1) is 0 Å². The zero-order valence-electron chi connectivity index (χ0n) is 16.0.